The SMILES string of the molecule is CC.C[C@@H]1CC2(Cc3ccc(Br)cc3C2=O)C[C@H](C)C1=O.C[C@@H]1CC2(Cc3ccc(Br)cc3C2=O)C[C@H](C)C1O.[Cl][Fe]([Cl])[Cl]. The van der Waals surface area contributed by atoms with Crippen LogP contribution in [0, 0.1) is 34.5 Å². The predicted octanol–water partition coefficient (Wildman–Crippen LogP) is 10.5. The normalized spacial score (nSPS) is 32.0. The molecule has 1 N–H and O–H groups in total. The molecule has 7 atom stereocenters. The Morgan fingerprint density at radius 2 is 1.05 bits per heavy atom. The summed E-state index contributed by atoms with van der Waals surface area (Å²) in [6, 6.07) is 12.0. The van der Waals surface area contributed by atoms with Crippen LogP contribution in [-0.4, -0.2) is 28.6 Å². The maximum atomic E-state index is 12.8. The molecule has 4 aliphatic rings. The van der Waals surface area contributed by atoms with Crippen molar-refractivity contribution in [3.8, 4) is 0 Å². The average molecular weight is 837 g/mol. The molecule has 245 valence electrons. The number of rotatable bonds is 0. The first-order valence-electron chi connectivity index (χ1n) is 15.1. The first kappa shape index (κ1) is 38.2. The molecule has 3 unspecified atom stereocenters. The van der Waals surface area contributed by atoms with Crippen LogP contribution >= 0.6 is 62.2 Å². The van der Waals surface area contributed by atoms with Crippen LogP contribution in [-0.2, 0) is 28.8 Å². The molecule has 44 heavy (non-hydrogen) atoms. The van der Waals surface area contributed by atoms with Gasteiger partial charge in [-0.2, -0.15) is 0 Å². The number of carbonyl (C=O) groups excluding carboxylic acids is 3. The quantitative estimate of drug-likeness (QED) is 0.268. The second kappa shape index (κ2) is 15.8. The monoisotopic (exact) mass is 833 g/mol. The van der Waals surface area contributed by atoms with E-state index in [0.717, 1.165) is 51.3 Å². The van der Waals surface area contributed by atoms with Crippen molar-refractivity contribution < 1.29 is 30.7 Å². The van der Waals surface area contributed by atoms with Crippen LogP contribution in [0.25, 0.3) is 0 Å². The molecule has 2 aromatic rings. The van der Waals surface area contributed by atoms with Crippen molar-refractivity contribution in [1.82, 2.24) is 0 Å². The summed E-state index contributed by atoms with van der Waals surface area (Å²) in [4.78, 5) is 37.6. The first-order valence-corrected chi connectivity index (χ1v) is 21.3. The van der Waals surface area contributed by atoms with E-state index in [-0.39, 0.29) is 52.2 Å². The third kappa shape index (κ3) is 8.24. The van der Waals surface area contributed by atoms with Gasteiger partial charge in [0.25, 0.3) is 0 Å². The van der Waals surface area contributed by atoms with Crippen molar-refractivity contribution in [1.29, 1.82) is 0 Å². The minimum atomic E-state index is -1.33. The van der Waals surface area contributed by atoms with Crippen LogP contribution in [0.1, 0.15) is 99.1 Å². The first-order chi connectivity index (χ1) is 20.6. The van der Waals surface area contributed by atoms with Crippen LogP contribution in [0.3, 0.4) is 0 Å². The molecule has 6 rings (SSSR count). The zero-order valence-electron chi connectivity index (χ0n) is 26.0. The van der Waals surface area contributed by atoms with Crippen molar-refractivity contribution in [2.75, 3.05) is 0 Å². The van der Waals surface area contributed by atoms with Gasteiger partial charge in [0.1, 0.15) is 5.78 Å². The molecular weight excluding hydrogens is 794 g/mol. The number of halogens is 5. The van der Waals surface area contributed by atoms with E-state index in [1.54, 1.807) is 0 Å². The van der Waals surface area contributed by atoms with Gasteiger partial charge in [0.05, 0.1) is 6.10 Å². The van der Waals surface area contributed by atoms with Crippen LogP contribution in [0.4, 0.5) is 0 Å². The predicted molar refractivity (Wildman–Crippen MR) is 184 cm³/mol. The average Bonchev–Trinajstić information content (AvgIpc) is 3.36. The standard InChI is InChI=1S/C16H19BrO2.C16H17BrO2.C2H6.3ClH.Fe/c2*1-9-6-16(7-10(2)14(9)18)8-11-3-4-12(17)5-13(11)15(16)19;1-2;;;;/h3-5,9-10,14,18H,6-8H2,1-2H3;3-5,9-10H,6-8H2,1-2H3;1-2H3;3*1H;/q;;;;;;+3/p-3/t9-,10+,14?,16?;9-,10+,16?;;;;;. The molecule has 4 aliphatic carbocycles. The second-order valence-corrected chi connectivity index (χ2v) is 20.1. The van der Waals surface area contributed by atoms with Gasteiger partial charge in [-0.25, -0.2) is 0 Å². The molecule has 0 bridgehead atoms. The van der Waals surface area contributed by atoms with Gasteiger partial charge in [0.15, 0.2) is 11.6 Å². The van der Waals surface area contributed by atoms with E-state index in [2.05, 4.69) is 51.8 Å². The minimum absolute atomic E-state index is 0.00505. The number of carbonyl (C=O) groups is 3. The van der Waals surface area contributed by atoms with Crippen LogP contribution < -0.4 is 0 Å². The zero-order valence-corrected chi connectivity index (χ0v) is 32.6. The Morgan fingerprint density at radius 1 is 0.705 bits per heavy atom. The van der Waals surface area contributed by atoms with Crippen molar-refractivity contribution in [3.63, 3.8) is 0 Å². The number of aliphatic hydroxyl groups excluding tert-OH is 1. The molecule has 0 aliphatic heterocycles. The number of ketones is 3. The summed E-state index contributed by atoms with van der Waals surface area (Å²) in [5.74, 6) is 1.26. The summed E-state index contributed by atoms with van der Waals surface area (Å²) in [6.45, 7) is 12.1. The number of hydrogen-bond acceptors (Lipinski definition) is 4. The number of fused-ring (bicyclic) bond motifs is 2. The van der Waals surface area contributed by atoms with Crippen molar-refractivity contribution in [2.45, 2.75) is 86.2 Å². The molecule has 0 heterocycles. The summed E-state index contributed by atoms with van der Waals surface area (Å²) in [5, 5.41) is 10.1. The van der Waals surface area contributed by atoms with E-state index in [9.17, 15) is 19.5 Å². The fourth-order valence-electron chi connectivity index (χ4n) is 8.01. The molecule has 2 saturated carbocycles. The third-order valence-electron chi connectivity index (χ3n) is 9.61. The molecule has 10 heteroatoms. The van der Waals surface area contributed by atoms with Gasteiger partial charge >= 0.3 is 41.5 Å². The van der Waals surface area contributed by atoms with Gasteiger partial charge in [-0.3, -0.25) is 14.4 Å². The summed E-state index contributed by atoms with van der Waals surface area (Å²) in [7, 11) is 14.7. The Labute approximate surface area is 296 Å². The van der Waals surface area contributed by atoms with E-state index < -0.39 is 11.2 Å². The van der Waals surface area contributed by atoms with Crippen LogP contribution in [0.5, 0.6) is 0 Å². The van der Waals surface area contributed by atoms with E-state index in [1.165, 1.54) is 5.56 Å². The summed E-state index contributed by atoms with van der Waals surface area (Å²) >= 11 is 5.54. The molecule has 0 radical (unpaired) electrons. The number of benzene rings is 2. The topological polar surface area (TPSA) is 71.4 Å². The Balaban J connectivity index is 0.000000205. The van der Waals surface area contributed by atoms with Crippen LogP contribution in [0.2, 0.25) is 0 Å². The second-order valence-electron chi connectivity index (χ2n) is 12.8. The molecule has 2 fully saturated rings. The molecular formula is C34H42Br2Cl3FeO4. The number of hydrogen-bond donors (Lipinski definition) is 1. The Morgan fingerprint density at radius 3 is 1.41 bits per heavy atom. The fourth-order valence-corrected chi connectivity index (χ4v) is 8.73. The summed E-state index contributed by atoms with van der Waals surface area (Å²) < 4.78 is 1.92. The van der Waals surface area contributed by atoms with Crippen LogP contribution in [0.15, 0.2) is 45.3 Å². The van der Waals surface area contributed by atoms with E-state index in [1.807, 2.05) is 58.0 Å². The molecule has 2 aromatic carbocycles. The number of Topliss-reactive ketones (excluding diaryl/α,β-unsaturated/α-hetero) is 3. The van der Waals surface area contributed by atoms with Gasteiger partial charge in [0.2, 0.25) is 0 Å². The van der Waals surface area contributed by atoms with Gasteiger partial charge in [-0.1, -0.05) is 85.5 Å². The van der Waals surface area contributed by atoms with E-state index in [0.29, 0.717) is 18.6 Å². The third-order valence-corrected chi connectivity index (χ3v) is 10.6. The number of aliphatic hydroxyl groups is 1. The molecule has 4 nitrogen and oxygen atoms in total. The van der Waals surface area contributed by atoms with Crippen molar-refractivity contribution >= 4 is 79.5 Å². The van der Waals surface area contributed by atoms with Crippen molar-refractivity contribution in [2.24, 2.45) is 34.5 Å². The van der Waals surface area contributed by atoms with Gasteiger partial charge in [-0.05, 0) is 85.8 Å². The Kier molecular flexibility index (Phi) is 13.7. The van der Waals surface area contributed by atoms with Crippen molar-refractivity contribution in [3.05, 3.63) is 67.6 Å². The summed E-state index contributed by atoms with van der Waals surface area (Å²) in [5.41, 5.74) is 3.45. The van der Waals surface area contributed by atoms with Gasteiger partial charge in [-0.15, -0.1) is 0 Å². The zero-order chi connectivity index (χ0) is 33.1. The Hall–Kier alpha value is -0.241. The fraction of sp³-hybridized carbons (Fsp3) is 0.559. The Bertz CT molecular complexity index is 1360. The van der Waals surface area contributed by atoms with Gasteiger partial charge in [0, 0.05) is 42.7 Å². The van der Waals surface area contributed by atoms with E-state index >= 15 is 0 Å². The summed E-state index contributed by atoms with van der Waals surface area (Å²) in [6.07, 6.45) is 4.41. The molecule has 0 amide bonds. The molecule has 2 spiro atoms. The van der Waals surface area contributed by atoms with E-state index in [4.69, 9.17) is 30.3 Å². The molecule has 0 saturated heterocycles. The molecule has 0 aromatic heterocycles. The van der Waals surface area contributed by atoms with Gasteiger partial charge < -0.3 is 5.11 Å². The maximum absolute atomic E-state index is 12.8.